The zero-order valence-corrected chi connectivity index (χ0v) is 13.1. The molecule has 1 aromatic heterocycles. The molecule has 8 heteroatoms. The number of ether oxygens (including phenoxy) is 1. The average molecular weight is 329 g/mol. The Morgan fingerprint density at radius 3 is 2.54 bits per heavy atom. The first-order valence-corrected chi connectivity index (χ1v) is 7.11. The minimum atomic E-state index is -0.733. The van der Waals surface area contributed by atoms with Crippen molar-refractivity contribution in [2.45, 2.75) is 13.8 Å². The Morgan fingerprint density at radius 1 is 1.25 bits per heavy atom. The summed E-state index contributed by atoms with van der Waals surface area (Å²) >= 11 is 0. The van der Waals surface area contributed by atoms with Crippen molar-refractivity contribution in [2.75, 3.05) is 11.9 Å². The lowest BCUT2D eigenvalue weighted by Gasteiger charge is -2.07. The second kappa shape index (κ2) is 7.32. The number of carbonyl (C=O) groups excluding carboxylic acids is 2. The van der Waals surface area contributed by atoms with Gasteiger partial charge in [0.05, 0.1) is 17.1 Å². The van der Waals surface area contributed by atoms with Crippen LogP contribution >= 0.6 is 0 Å². The van der Waals surface area contributed by atoms with Gasteiger partial charge in [0.1, 0.15) is 5.82 Å². The highest BCUT2D eigenvalue weighted by Gasteiger charge is 2.19. The lowest BCUT2D eigenvalue weighted by molar-refractivity contribution is -0.384. The van der Waals surface area contributed by atoms with Crippen LogP contribution in [-0.2, 0) is 4.74 Å². The number of nitro benzene ring substituents is 1. The predicted octanol–water partition coefficient (Wildman–Crippen LogP) is 2.73. The molecule has 0 unspecified atom stereocenters. The molecule has 0 bridgehead atoms. The number of aromatic nitrogens is 1. The summed E-state index contributed by atoms with van der Waals surface area (Å²) in [4.78, 5) is 38.4. The number of non-ortho nitro benzene ring substituents is 1. The number of hydrogen-bond donors (Lipinski definition) is 1. The molecule has 24 heavy (non-hydrogen) atoms. The van der Waals surface area contributed by atoms with Gasteiger partial charge in [-0.15, -0.1) is 0 Å². The van der Waals surface area contributed by atoms with Crippen molar-refractivity contribution in [1.29, 1.82) is 0 Å². The second-order valence-corrected chi connectivity index (χ2v) is 4.92. The molecule has 124 valence electrons. The van der Waals surface area contributed by atoms with Crippen molar-refractivity contribution in [2.24, 2.45) is 0 Å². The highest BCUT2D eigenvalue weighted by molar-refractivity contribution is 6.05. The van der Waals surface area contributed by atoms with Gasteiger partial charge in [-0.25, -0.2) is 9.78 Å². The maximum atomic E-state index is 12.3. The smallest absolute Gasteiger partial charge is 0.338 e. The van der Waals surface area contributed by atoms with Crippen molar-refractivity contribution in [1.82, 2.24) is 4.98 Å². The molecule has 2 aromatic rings. The van der Waals surface area contributed by atoms with E-state index in [1.807, 2.05) is 6.92 Å². The van der Waals surface area contributed by atoms with Gasteiger partial charge in [0.15, 0.2) is 0 Å². The standard InChI is InChI=1S/C16H15N3O5/c1-3-24-16(21)12-6-11(7-13(8-12)19(22)23)15(20)18-14-5-4-10(2)9-17-14/h4-9H,3H2,1-2H3,(H,17,18,20). The lowest BCUT2D eigenvalue weighted by atomic mass is 10.1. The van der Waals surface area contributed by atoms with Crippen molar-refractivity contribution in [3.63, 3.8) is 0 Å². The van der Waals surface area contributed by atoms with Crippen molar-refractivity contribution < 1.29 is 19.2 Å². The molecule has 8 nitrogen and oxygen atoms in total. The van der Waals surface area contributed by atoms with Gasteiger partial charge in [0.25, 0.3) is 11.6 Å². The normalized spacial score (nSPS) is 10.1. The average Bonchev–Trinajstić information content (AvgIpc) is 2.56. The molecule has 0 aliphatic heterocycles. The number of pyridine rings is 1. The van der Waals surface area contributed by atoms with Crippen LogP contribution in [0.3, 0.4) is 0 Å². The van der Waals surface area contributed by atoms with E-state index in [-0.39, 0.29) is 23.4 Å². The first kappa shape index (κ1) is 17.1. The summed E-state index contributed by atoms with van der Waals surface area (Å²) < 4.78 is 4.82. The molecule has 1 heterocycles. The zero-order chi connectivity index (χ0) is 17.7. The molecule has 1 N–H and O–H groups in total. The van der Waals surface area contributed by atoms with Crippen LogP contribution < -0.4 is 5.32 Å². The van der Waals surface area contributed by atoms with Crippen LogP contribution in [0.5, 0.6) is 0 Å². The van der Waals surface area contributed by atoms with E-state index in [0.29, 0.717) is 5.82 Å². The number of amides is 1. The maximum Gasteiger partial charge on any atom is 0.338 e. The number of aryl methyl sites for hydroxylation is 1. The number of nitrogens with one attached hydrogen (secondary N) is 1. The van der Waals surface area contributed by atoms with E-state index in [4.69, 9.17) is 4.74 Å². The number of anilines is 1. The number of esters is 1. The van der Waals surface area contributed by atoms with Crippen LogP contribution in [0.4, 0.5) is 11.5 Å². The Kier molecular flexibility index (Phi) is 5.20. The van der Waals surface area contributed by atoms with E-state index in [1.165, 1.54) is 6.07 Å². The lowest BCUT2D eigenvalue weighted by Crippen LogP contribution is -2.15. The maximum absolute atomic E-state index is 12.3. The summed E-state index contributed by atoms with van der Waals surface area (Å²) in [5.74, 6) is -1.04. The Balaban J connectivity index is 2.33. The van der Waals surface area contributed by atoms with Gasteiger partial charge in [0, 0.05) is 23.9 Å². The van der Waals surface area contributed by atoms with E-state index >= 15 is 0 Å². The molecule has 0 saturated heterocycles. The van der Waals surface area contributed by atoms with Crippen LogP contribution in [0.15, 0.2) is 36.5 Å². The Bertz CT molecular complexity index is 787. The summed E-state index contributed by atoms with van der Waals surface area (Å²) in [6.45, 7) is 3.59. The van der Waals surface area contributed by atoms with E-state index in [0.717, 1.165) is 17.7 Å². The van der Waals surface area contributed by atoms with Gasteiger partial charge in [-0.05, 0) is 31.5 Å². The third-order valence-electron chi connectivity index (χ3n) is 3.05. The Labute approximate surface area is 137 Å². The summed E-state index contributed by atoms with van der Waals surface area (Å²) in [5, 5.41) is 13.5. The summed E-state index contributed by atoms with van der Waals surface area (Å²) in [5.41, 5.74) is 0.457. The number of benzene rings is 1. The SMILES string of the molecule is CCOC(=O)c1cc(C(=O)Nc2ccc(C)cn2)cc([N+](=O)[O-])c1. The van der Waals surface area contributed by atoms with Gasteiger partial charge in [-0.2, -0.15) is 0 Å². The first-order chi connectivity index (χ1) is 11.4. The van der Waals surface area contributed by atoms with Crippen molar-refractivity contribution in [3.8, 4) is 0 Å². The van der Waals surface area contributed by atoms with E-state index in [2.05, 4.69) is 10.3 Å². The van der Waals surface area contributed by atoms with E-state index < -0.39 is 16.8 Å². The minimum absolute atomic E-state index is 0.0328. The fraction of sp³-hybridized carbons (Fsp3) is 0.188. The minimum Gasteiger partial charge on any atom is -0.462 e. The highest BCUT2D eigenvalue weighted by Crippen LogP contribution is 2.19. The number of hydrogen-bond acceptors (Lipinski definition) is 6. The monoisotopic (exact) mass is 329 g/mol. The van der Waals surface area contributed by atoms with Gasteiger partial charge in [-0.1, -0.05) is 6.07 Å². The number of rotatable bonds is 5. The zero-order valence-electron chi connectivity index (χ0n) is 13.1. The fourth-order valence-corrected chi connectivity index (χ4v) is 1.91. The van der Waals surface area contributed by atoms with Crippen molar-refractivity contribution >= 4 is 23.4 Å². The van der Waals surface area contributed by atoms with Crippen LogP contribution in [0.25, 0.3) is 0 Å². The molecule has 0 spiro atoms. The molecule has 2 rings (SSSR count). The first-order valence-electron chi connectivity index (χ1n) is 7.11. The van der Waals surface area contributed by atoms with Gasteiger partial charge >= 0.3 is 5.97 Å². The quantitative estimate of drug-likeness (QED) is 0.513. The van der Waals surface area contributed by atoms with Crippen LogP contribution in [-0.4, -0.2) is 28.4 Å². The Hall–Kier alpha value is -3.29. The van der Waals surface area contributed by atoms with Gasteiger partial charge < -0.3 is 10.1 Å². The number of carbonyl (C=O) groups is 2. The summed E-state index contributed by atoms with van der Waals surface area (Å²) in [7, 11) is 0. The molecule has 0 aliphatic rings. The largest absolute Gasteiger partial charge is 0.462 e. The van der Waals surface area contributed by atoms with Gasteiger partial charge in [-0.3, -0.25) is 14.9 Å². The van der Waals surface area contributed by atoms with Gasteiger partial charge in [0.2, 0.25) is 0 Å². The second-order valence-electron chi connectivity index (χ2n) is 4.92. The fourth-order valence-electron chi connectivity index (χ4n) is 1.91. The number of nitrogens with zero attached hydrogens (tertiary/aromatic N) is 2. The van der Waals surface area contributed by atoms with E-state index in [9.17, 15) is 19.7 Å². The molecule has 0 radical (unpaired) electrons. The van der Waals surface area contributed by atoms with E-state index in [1.54, 1.807) is 25.3 Å². The number of nitro groups is 1. The molecular weight excluding hydrogens is 314 g/mol. The predicted molar refractivity (Wildman–Crippen MR) is 86.0 cm³/mol. The Morgan fingerprint density at radius 2 is 1.96 bits per heavy atom. The molecule has 0 saturated carbocycles. The van der Waals surface area contributed by atoms with Crippen LogP contribution in [0.1, 0.15) is 33.2 Å². The molecule has 1 amide bonds. The molecular formula is C16H15N3O5. The topological polar surface area (TPSA) is 111 Å². The third-order valence-corrected chi connectivity index (χ3v) is 3.05. The van der Waals surface area contributed by atoms with Crippen molar-refractivity contribution in [3.05, 3.63) is 63.3 Å². The molecule has 1 aromatic carbocycles. The molecule has 0 fully saturated rings. The summed E-state index contributed by atoms with van der Waals surface area (Å²) in [6, 6.07) is 6.77. The molecule has 0 atom stereocenters. The molecule has 0 aliphatic carbocycles. The third kappa shape index (κ3) is 4.13. The van der Waals surface area contributed by atoms with Crippen LogP contribution in [0.2, 0.25) is 0 Å². The van der Waals surface area contributed by atoms with Crippen LogP contribution in [0, 0.1) is 17.0 Å². The summed E-state index contributed by atoms with van der Waals surface area (Å²) in [6.07, 6.45) is 1.58. The highest BCUT2D eigenvalue weighted by atomic mass is 16.6.